The molecule has 0 bridgehead atoms. The third-order valence-corrected chi connectivity index (χ3v) is 7.00. The van der Waals surface area contributed by atoms with E-state index in [2.05, 4.69) is 36.9 Å². The van der Waals surface area contributed by atoms with Gasteiger partial charge in [0.15, 0.2) is 5.75 Å². The van der Waals surface area contributed by atoms with Crippen LogP contribution in [-0.4, -0.2) is 56.2 Å². The number of hydrogen-bond acceptors (Lipinski definition) is 8. The van der Waals surface area contributed by atoms with Crippen LogP contribution in [0.15, 0.2) is 51.4 Å². The van der Waals surface area contributed by atoms with E-state index in [0.29, 0.717) is 15.5 Å². The zero-order valence-corrected chi connectivity index (χ0v) is 24.2. The predicted octanol–water partition coefficient (Wildman–Crippen LogP) is 5.43. The van der Waals surface area contributed by atoms with Crippen LogP contribution in [-0.2, 0) is 18.8 Å². The Morgan fingerprint density at radius 2 is 1.63 bits per heavy atom. The van der Waals surface area contributed by atoms with Crippen LogP contribution in [0.5, 0.6) is 11.5 Å². The SMILES string of the molecule is CC(C)OC(=O)[C@H](C)NP(=O)(Oc1ccccc1)Oc1c(Br)cc(C(=O)OCCN(C)C)cc1Br. The standard InChI is InChI=1S/C23H29Br2N2O7P/c1-15(2)32-22(28)16(3)26-35(30,33-18-9-7-6-8-10-18)34-21-19(24)13-17(14-20(21)25)23(29)31-12-11-27(4)5/h6-10,13-16H,11-12H2,1-5H3,(H,26,30)/t16-,35?/m0/s1. The van der Waals surface area contributed by atoms with Gasteiger partial charge in [-0.15, -0.1) is 0 Å². The van der Waals surface area contributed by atoms with Crippen molar-refractivity contribution in [3.8, 4) is 11.5 Å². The van der Waals surface area contributed by atoms with E-state index in [1.807, 2.05) is 19.0 Å². The summed E-state index contributed by atoms with van der Waals surface area (Å²) in [5, 5.41) is 2.62. The number of nitrogens with one attached hydrogen (secondary N) is 1. The zero-order chi connectivity index (χ0) is 26.2. The topological polar surface area (TPSA) is 103 Å². The normalized spacial score (nSPS) is 13.7. The number of para-hydroxylation sites is 1. The first-order chi connectivity index (χ1) is 16.4. The van der Waals surface area contributed by atoms with Crippen molar-refractivity contribution < 1.29 is 32.7 Å². The number of ether oxygens (including phenoxy) is 2. The predicted molar refractivity (Wildman–Crippen MR) is 140 cm³/mol. The largest absolute Gasteiger partial charge is 0.513 e. The molecule has 0 saturated carbocycles. The van der Waals surface area contributed by atoms with Gasteiger partial charge in [0.25, 0.3) is 0 Å². The highest BCUT2D eigenvalue weighted by Gasteiger charge is 2.35. The fourth-order valence-corrected chi connectivity index (χ4v) is 5.76. The Morgan fingerprint density at radius 1 is 1.03 bits per heavy atom. The van der Waals surface area contributed by atoms with E-state index in [4.69, 9.17) is 18.5 Å². The second kappa shape index (κ2) is 13.4. The lowest BCUT2D eigenvalue weighted by molar-refractivity contribution is -0.149. The summed E-state index contributed by atoms with van der Waals surface area (Å²) >= 11 is 6.71. The van der Waals surface area contributed by atoms with Crippen LogP contribution in [0.3, 0.4) is 0 Å². The molecule has 0 radical (unpaired) electrons. The molecular formula is C23H29Br2N2O7P. The summed E-state index contributed by atoms with van der Waals surface area (Å²) in [6.07, 6.45) is -0.351. The minimum Gasteiger partial charge on any atom is -0.462 e. The zero-order valence-electron chi connectivity index (χ0n) is 20.1. The molecule has 0 aliphatic heterocycles. The second-order valence-electron chi connectivity index (χ2n) is 8.04. The van der Waals surface area contributed by atoms with E-state index in [1.54, 1.807) is 44.2 Å². The molecule has 0 heterocycles. The van der Waals surface area contributed by atoms with Gasteiger partial charge in [0.2, 0.25) is 0 Å². The average molecular weight is 636 g/mol. The fraction of sp³-hybridized carbons (Fsp3) is 0.391. The summed E-state index contributed by atoms with van der Waals surface area (Å²) in [5.41, 5.74) is 0.260. The summed E-state index contributed by atoms with van der Waals surface area (Å²) in [7, 11) is -0.420. The average Bonchev–Trinajstić information content (AvgIpc) is 2.76. The van der Waals surface area contributed by atoms with Gasteiger partial charge in [0, 0.05) is 6.54 Å². The molecule has 35 heavy (non-hydrogen) atoms. The van der Waals surface area contributed by atoms with Crippen molar-refractivity contribution in [3.05, 3.63) is 57.0 Å². The highest BCUT2D eigenvalue weighted by molar-refractivity contribution is 9.11. The number of nitrogens with zero attached hydrogens (tertiary/aromatic N) is 1. The first kappa shape index (κ1) is 29.3. The van der Waals surface area contributed by atoms with E-state index in [9.17, 15) is 14.2 Å². The molecule has 2 rings (SSSR count). The van der Waals surface area contributed by atoms with Crippen molar-refractivity contribution in [3.63, 3.8) is 0 Å². The van der Waals surface area contributed by atoms with Gasteiger partial charge < -0.3 is 23.4 Å². The van der Waals surface area contributed by atoms with Crippen LogP contribution >= 0.6 is 39.6 Å². The Morgan fingerprint density at radius 3 is 2.17 bits per heavy atom. The first-order valence-corrected chi connectivity index (χ1v) is 13.9. The smallest absolute Gasteiger partial charge is 0.462 e. The van der Waals surface area contributed by atoms with Gasteiger partial charge in [-0.3, -0.25) is 4.79 Å². The molecule has 0 aliphatic carbocycles. The number of carbonyl (C=O) groups excluding carboxylic acids is 2. The molecule has 9 nitrogen and oxygen atoms in total. The first-order valence-electron chi connectivity index (χ1n) is 10.7. The van der Waals surface area contributed by atoms with E-state index >= 15 is 0 Å². The maximum atomic E-state index is 13.8. The second-order valence-corrected chi connectivity index (χ2v) is 11.4. The summed E-state index contributed by atoms with van der Waals surface area (Å²) in [5.74, 6) is -0.770. The summed E-state index contributed by atoms with van der Waals surface area (Å²) in [6.45, 7) is 5.73. The highest BCUT2D eigenvalue weighted by Crippen LogP contribution is 2.49. The van der Waals surface area contributed by atoms with E-state index < -0.39 is 25.7 Å². The minimum absolute atomic E-state index is 0.103. The molecule has 192 valence electrons. The third-order valence-electron chi connectivity index (χ3n) is 4.24. The van der Waals surface area contributed by atoms with Gasteiger partial charge in [-0.1, -0.05) is 18.2 Å². The van der Waals surface area contributed by atoms with Crippen LogP contribution in [0.4, 0.5) is 0 Å². The Kier molecular flexibility index (Phi) is 11.2. The number of benzene rings is 2. The minimum atomic E-state index is -4.17. The lowest BCUT2D eigenvalue weighted by Gasteiger charge is -2.24. The summed E-state index contributed by atoms with van der Waals surface area (Å²) in [6, 6.07) is 10.4. The summed E-state index contributed by atoms with van der Waals surface area (Å²) in [4.78, 5) is 26.6. The molecule has 12 heteroatoms. The molecule has 1 N–H and O–H groups in total. The van der Waals surface area contributed by atoms with Crippen molar-refractivity contribution in [1.82, 2.24) is 9.99 Å². The molecule has 2 aromatic rings. The Balaban J connectivity index is 2.30. The molecule has 0 fully saturated rings. The number of hydrogen-bond donors (Lipinski definition) is 1. The number of esters is 2. The van der Waals surface area contributed by atoms with Crippen molar-refractivity contribution in [2.24, 2.45) is 0 Å². The van der Waals surface area contributed by atoms with Gasteiger partial charge >= 0.3 is 19.7 Å². The molecule has 2 aromatic carbocycles. The molecule has 0 aliphatic rings. The van der Waals surface area contributed by atoms with Crippen molar-refractivity contribution in [2.45, 2.75) is 32.9 Å². The maximum Gasteiger partial charge on any atom is 0.513 e. The van der Waals surface area contributed by atoms with Gasteiger partial charge in [0.1, 0.15) is 18.4 Å². The Labute approximate surface area is 222 Å². The van der Waals surface area contributed by atoms with Crippen LogP contribution in [0.25, 0.3) is 0 Å². The Bertz CT molecular complexity index is 1040. The maximum absolute atomic E-state index is 13.8. The monoisotopic (exact) mass is 634 g/mol. The quantitative estimate of drug-likeness (QED) is 0.242. The van der Waals surface area contributed by atoms with E-state index in [0.717, 1.165) is 0 Å². The highest BCUT2D eigenvalue weighted by atomic mass is 79.9. The van der Waals surface area contributed by atoms with E-state index in [1.165, 1.54) is 19.1 Å². The molecule has 0 saturated heterocycles. The van der Waals surface area contributed by atoms with Crippen molar-refractivity contribution >= 4 is 51.5 Å². The fourth-order valence-electron chi connectivity index (χ4n) is 2.61. The molecular weight excluding hydrogens is 607 g/mol. The van der Waals surface area contributed by atoms with Crippen molar-refractivity contribution in [1.29, 1.82) is 0 Å². The van der Waals surface area contributed by atoms with Crippen LogP contribution in [0.2, 0.25) is 0 Å². The number of likely N-dealkylation sites (N-methyl/N-ethyl adjacent to an activating group) is 1. The Hall–Kier alpha value is -1.91. The lowest BCUT2D eigenvalue weighted by atomic mass is 10.2. The molecule has 0 spiro atoms. The molecule has 0 aromatic heterocycles. The van der Waals surface area contributed by atoms with Crippen LogP contribution in [0, 0.1) is 0 Å². The number of rotatable bonds is 12. The lowest BCUT2D eigenvalue weighted by Crippen LogP contribution is -2.36. The molecule has 0 amide bonds. The van der Waals surface area contributed by atoms with Gasteiger partial charge in [0.05, 0.1) is 20.6 Å². The summed E-state index contributed by atoms with van der Waals surface area (Å²) < 4.78 is 36.4. The van der Waals surface area contributed by atoms with E-state index in [-0.39, 0.29) is 29.8 Å². The van der Waals surface area contributed by atoms with Gasteiger partial charge in [-0.2, -0.15) is 5.09 Å². The number of halogens is 2. The molecule has 2 atom stereocenters. The van der Waals surface area contributed by atoms with Crippen LogP contribution < -0.4 is 14.1 Å². The van der Waals surface area contributed by atoms with Crippen molar-refractivity contribution in [2.75, 3.05) is 27.2 Å². The molecule has 1 unspecified atom stereocenters. The third kappa shape index (κ3) is 9.57. The van der Waals surface area contributed by atoms with Gasteiger partial charge in [-0.05, 0) is 91.0 Å². The van der Waals surface area contributed by atoms with Crippen LogP contribution in [0.1, 0.15) is 31.1 Å². The van der Waals surface area contributed by atoms with Gasteiger partial charge in [-0.25, -0.2) is 9.36 Å². The number of carbonyl (C=O) groups is 2.